The molecule has 0 amide bonds. The molecule has 0 bridgehead atoms. The minimum Gasteiger partial charge on any atom is -0.297 e. The van der Waals surface area contributed by atoms with Crippen molar-refractivity contribution in [1.29, 1.82) is 5.26 Å². The molecule has 1 saturated carbocycles. The van der Waals surface area contributed by atoms with E-state index in [1.807, 2.05) is 0 Å². The molecule has 0 aromatic carbocycles. The summed E-state index contributed by atoms with van der Waals surface area (Å²) in [5.41, 5.74) is -0.312. The first-order valence-electron chi connectivity index (χ1n) is 7.39. The van der Waals surface area contributed by atoms with Crippen molar-refractivity contribution in [2.75, 3.05) is 13.1 Å². The quantitative estimate of drug-likeness (QED) is 0.818. The van der Waals surface area contributed by atoms with Crippen molar-refractivity contribution in [3.63, 3.8) is 0 Å². The Morgan fingerprint density at radius 1 is 1.22 bits per heavy atom. The summed E-state index contributed by atoms with van der Waals surface area (Å²) in [7, 11) is 0. The molecule has 1 atom stereocenters. The second kappa shape index (κ2) is 5.19. The van der Waals surface area contributed by atoms with Crippen LogP contribution in [0.5, 0.6) is 0 Å². The van der Waals surface area contributed by atoms with Gasteiger partial charge in [-0.2, -0.15) is 5.26 Å². The maximum absolute atomic E-state index is 9.56. The van der Waals surface area contributed by atoms with Crippen LogP contribution in [0.3, 0.4) is 0 Å². The van der Waals surface area contributed by atoms with Gasteiger partial charge in [-0.05, 0) is 40.0 Å². The summed E-state index contributed by atoms with van der Waals surface area (Å²) in [4.78, 5) is 2.56. The van der Waals surface area contributed by atoms with Crippen LogP contribution in [0.4, 0.5) is 0 Å². The molecule has 0 radical (unpaired) electrons. The van der Waals surface area contributed by atoms with E-state index in [4.69, 9.17) is 0 Å². The van der Waals surface area contributed by atoms with E-state index < -0.39 is 0 Å². The van der Waals surface area contributed by atoms with Gasteiger partial charge in [0.25, 0.3) is 0 Å². The number of hydrogen-bond donors (Lipinski definition) is 1. The van der Waals surface area contributed by atoms with Crippen LogP contribution in [0.15, 0.2) is 0 Å². The third-order valence-electron chi connectivity index (χ3n) is 4.22. The van der Waals surface area contributed by atoms with Gasteiger partial charge < -0.3 is 0 Å². The lowest BCUT2D eigenvalue weighted by molar-refractivity contribution is 0.176. The minimum absolute atomic E-state index is 0.0122. The molecule has 2 fully saturated rings. The fraction of sp³-hybridized carbons (Fsp3) is 0.933. The highest BCUT2D eigenvalue weighted by atomic mass is 15.2. The Morgan fingerprint density at radius 2 is 1.89 bits per heavy atom. The van der Waals surface area contributed by atoms with Gasteiger partial charge in [-0.1, -0.05) is 19.3 Å². The monoisotopic (exact) mass is 249 g/mol. The van der Waals surface area contributed by atoms with Crippen LogP contribution in [-0.4, -0.2) is 35.1 Å². The highest BCUT2D eigenvalue weighted by Gasteiger charge is 2.42. The smallest absolute Gasteiger partial charge is 0.121 e. The van der Waals surface area contributed by atoms with Crippen LogP contribution in [0.2, 0.25) is 0 Å². The lowest BCUT2D eigenvalue weighted by Gasteiger charge is -2.35. The first-order chi connectivity index (χ1) is 8.44. The number of nitrogens with zero attached hydrogens (tertiary/aromatic N) is 2. The van der Waals surface area contributed by atoms with Gasteiger partial charge in [-0.15, -0.1) is 0 Å². The van der Waals surface area contributed by atoms with Gasteiger partial charge in [0, 0.05) is 24.7 Å². The van der Waals surface area contributed by atoms with Crippen molar-refractivity contribution in [2.45, 2.75) is 76.4 Å². The molecule has 18 heavy (non-hydrogen) atoms. The van der Waals surface area contributed by atoms with Crippen molar-refractivity contribution in [1.82, 2.24) is 10.2 Å². The summed E-state index contributed by atoms with van der Waals surface area (Å²) in [6.45, 7) is 8.44. The average molecular weight is 249 g/mol. The Balaban J connectivity index is 1.98. The minimum atomic E-state index is -0.324. The molecule has 0 spiro atoms. The maximum Gasteiger partial charge on any atom is 0.121 e. The Morgan fingerprint density at radius 3 is 2.44 bits per heavy atom. The van der Waals surface area contributed by atoms with Crippen LogP contribution in [0.1, 0.15) is 59.3 Å². The van der Waals surface area contributed by atoms with E-state index >= 15 is 0 Å². The Labute approximate surface area is 112 Å². The highest BCUT2D eigenvalue weighted by Crippen LogP contribution is 2.30. The van der Waals surface area contributed by atoms with Gasteiger partial charge in [-0.25, -0.2) is 0 Å². The topological polar surface area (TPSA) is 39.1 Å². The molecule has 1 N–H and O–H groups in total. The van der Waals surface area contributed by atoms with Crippen LogP contribution in [0, 0.1) is 11.3 Å². The number of nitrogens with one attached hydrogen (secondary N) is 1. The maximum atomic E-state index is 9.56. The Bertz CT molecular complexity index is 320. The molecule has 3 nitrogen and oxygen atoms in total. The summed E-state index contributed by atoms with van der Waals surface area (Å²) >= 11 is 0. The van der Waals surface area contributed by atoms with Gasteiger partial charge in [0.15, 0.2) is 0 Å². The third-order valence-corrected chi connectivity index (χ3v) is 4.22. The molecule has 0 aromatic heterocycles. The lowest BCUT2D eigenvalue weighted by atomic mass is 9.93. The molecule has 1 aliphatic heterocycles. The molecule has 3 heteroatoms. The third kappa shape index (κ3) is 3.24. The molecule has 1 unspecified atom stereocenters. The zero-order valence-corrected chi connectivity index (χ0v) is 12.1. The molecule has 1 saturated heterocycles. The molecular weight excluding hydrogens is 222 g/mol. The summed E-state index contributed by atoms with van der Waals surface area (Å²) in [5.74, 6) is 0. The van der Waals surface area contributed by atoms with E-state index in [1.165, 1.54) is 32.1 Å². The Hall–Kier alpha value is -0.590. The van der Waals surface area contributed by atoms with Gasteiger partial charge in [-0.3, -0.25) is 10.2 Å². The standard InChI is InChI=1S/C15H27N3/c1-14(2,3)17-15(11-16)9-10-18(12-15)13-7-5-4-6-8-13/h13,17H,4-10,12H2,1-3H3. The van der Waals surface area contributed by atoms with E-state index in [0.717, 1.165) is 25.6 Å². The van der Waals surface area contributed by atoms with E-state index in [9.17, 15) is 5.26 Å². The van der Waals surface area contributed by atoms with E-state index in [1.54, 1.807) is 0 Å². The highest BCUT2D eigenvalue weighted by molar-refractivity contribution is 5.15. The fourth-order valence-corrected chi connectivity index (χ4v) is 3.54. The van der Waals surface area contributed by atoms with Gasteiger partial charge in [0.05, 0.1) is 6.07 Å². The lowest BCUT2D eigenvalue weighted by Crippen LogP contribution is -2.55. The van der Waals surface area contributed by atoms with E-state index in [2.05, 4.69) is 37.1 Å². The summed E-state index contributed by atoms with van der Waals surface area (Å²) < 4.78 is 0. The van der Waals surface area contributed by atoms with Gasteiger partial charge >= 0.3 is 0 Å². The molecular formula is C15H27N3. The molecule has 102 valence electrons. The number of likely N-dealkylation sites (tertiary alicyclic amines) is 1. The predicted octanol–water partition coefficient (Wildman–Crippen LogP) is 2.68. The van der Waals surface area contributed by atoms with Crippen LogP contribution < -0.4 is 5.32 Å². The summed E-state index contributed by atoms with van der Waals surface area (Å²) in [6.07, 6.45) is 7.76. The second-order valence-corrected chi connectivity index (χ2v) is 7.08. The van der Waals surface area contributed by atoms with Crippen molar-refractivity contribution >= 4 is 0 Å². The second-order valence-electron chi connectivity index (χ2n) is 7.08. The molecule has 2 rings (SSSR count). The SMILES string of the molecule is CC(C)(C)NC1(C#N)CCN(C2CCCCC2)C1. The van der Waals surface area contributed by atoms with Crippen molar-refractivity contribution < 1.29 is 0 Å². The van der Waals surface area contributed by atoms with Crippen molar-refractivity contribution in [3.8, 4) is 6.07 Å². The number of nitriles is 1. The van der Waals surface area contributed by atoms with Crippen molar-refractivity contribution in [3.05, 3.63) is 0 Å². The average Bonchev–Trinajstić information content (AvgIpc) is 2.73. The Kier molecular flexibility index (Phi) is 3.99. The first-order valence-corrected chi connectivity index (χ1v) is 7.39. The van der Waals surface area contributed by atoms with Crippen LogP contribution >= 0.6 is 0 Å². The number of hydrogen-bond acceptors (Lipinski definition) is 3. The molecule has 2 aliphatic rings. The molecule has 1 aliphatic carbocycles. The van der Waals surface area contributed by atoms with Crippen LogP contribution in [-0.2, 0) is 0 Å². The zero-order valence-electron chi connectivity index (χ0n) is 12.1. The first kappa shape index (κ1) is 13.8. The largest absolute Gasteiger partial charge is 0.297 e. The molecule has 1 heterocycles. The van der Waals surface area contributed by atoms with Crippen molar-refractivity contribution in [2.24, 2.45) is 0 Å². The predicted molar refractivity (Wildman–Crippen MR) is 74.3 cm³/mol. The van der Waals surface area contributed by atoms with Crippen LogP contribution in [0.25, 0.3) is 0 Å². The fourth-order valence-electron chi connectivity index (χ4n) is 3.54. The van der Waals surface area contributed by atoms with E-state index in [-0.39, 0.29) is 11.1 Å². The zero-order chi connectivity index (χ0) is 13.2. The molecule has 0 aromatic rings. The van der Waals surface area contributed by atoms with Gasteiger partial charge in [0.2, 0.25) is 0 Å². The number of rotatable bonds is 2. The summed E-state index contributed by atoms with van der Waals surface area (Å²) in [6, 6.07) is 3.28. The summed E-state index contributed by atoms with van der Waals surface area (Å²) in [5, 5.41) is 13.1. The van der Waals surface area contributed by atoms with E-state index in [0.29, 0.717) is 0 Å². The van der Waals surface area contributed by atoms with Gasteiger partial charge in [0.1, 0.15) is 5.54 Å². The normalized spacial score (nSPS) is 31.4.